The first kappa shape index (κ1) is 8.01. The fourth-order valence-electron chi connectivity index (χ4n) is 0.733. The van der Waals surface area contributed by atoms with Crippen LogP contribution in [0.5, 0.6) is 0 Å². The minimum atomic E-state index is -0.903. The van der Waals surface area contributed by atoms with Crippen molar-refractivity contribution in [2.45, 2.75) is 19.4 Å². The van der Waals surface area contributed by atoms with Gasteiger partial charge in [-0.25, -0.2) is 0 Å². The molecule has 0 bridgehead atoms. The summed E-state index contributed by atoms with van der Waals surface area (Å²) in [5.74, 6) is 0.371. The summed E-state index contributed by atoms with van der Waals surface area (Å²) in [4.78, 5) is 10.9. The maximum Gasteiger partial charge on any atom is 0.168 e. The Labute approximate surface area is 64.6 Å². The average molecular weight is 154 g/mol. The highest BCUT2D eigenvalue weighted by atomic mass is 16.3. The first-order valence-corrected chi connectivity index (χ1v) is 3.43. The molecule has 0 radical (unpaired) electrons. The summed E-state index contributed by atoms with van der Waals surface area (Å²) < 4.78 is 4.92. The summed E-state index contributed by atoms with van der Waals surface area (Å²) in [6.07, 6.45) is 0.773. The van der Waals surface area contributed by atoms with Crippen LogP contribution in [0.1, 0.15) is 12.7 Å². The summed E-state index contributed by atoms with van der Waals surface area (Å²) in [5.41, 5.74) is 0. The van der Waals surface area contributed by atoms with E-state index in [-0.39, 0.29) is 12.2 Å². The number of hydrogen-bond donors (Lipinski definition) is 1. The second-order valence-electron chi connectivity index (χ2n) is 2.40. The molecule has 1 unspecified atom stereocenters. The lowest BCUT2D eigenvalue weighted by Crippen LogP contribution is -2.17. The first-order valence-electron chi connectivity index (χ1n) is 3.43. The van der Waals surface area contributed by atoms with E-state index in [4.69, 9.17) is 9.52 Å². The summed E-state index contributed by atoms with van der Waals surface area (Å²) >= 11 is 0. The summed E-state index contributed by atoms with van der Waals surface area (Å²) in [7, 11) is 0. The van der Waals surface area contributed by atoms with Crippen LogP contribution in [0.25, 0.3) is 0 Å². The molecular weight excluding hydrogens is 144 g/mol. The van der Waals surface area contributed by atoms with Crippen LogP contribution in [0.2, 0.25) is 0 Å². The normalized spacial score (nSPS) is 12.9. The molecule has 1 aromatic rings. The number of hydrogen-bond acceptors (Lipinski definition) is 3. The maximum atomic E-state index is 10.9. The number of carbonyl (C=O) groups excluding carboxylic acids is 1. The van der Waals surface area contributed by atoms with E-state index in [1.165, 1.54) is 13.2 Å². The van der Waals surface area contributed by atoms with Gasteiger partial charge in [0.15, 0.2) is 5.78 Å². The molecule has 3 nitrogen and oxygen atoms in total. The van der Waals surface area contributed by atoms with Crippen molar-refractivity contribution in [2.75, 3.05) is 0 Å². The highest BCUT2D eigenvalue weighted by molar-refractivity contribution is 5.84. The van der Waals surface area contributed by atoms with Gasteiger partial charge in [0.1, 0.15) is 11.9 Å². The van der Waals surface area contributed by atoms with E-state index in [2.05, 4.69) is 0 Å². The summed E-state index contributed by atoms with van der Waals surface area (Å²) in [6, 6.07) is 3.42. The van der Waals surface area contributed by atoms with Crippen LogP contribution < -0.4 is 0 Å². The zero-order valence-electron chi connectivity index (χ0n) is 6.28. The van der Waals surface area contributed by atoms with Crippen molar-refractivity contribution < 1.29 is 14.3 Å². The van der Waals surface area contributed by atoms with Gasteiger partial charge < -0.3 is 9.52 Å². The highest BCUT2D eigenvalue weighted by Gasteiger charge is 2.10. The van der Waals surface area contributed by atoms with Crippen molar-refractivity contribution in [2.24, 2.45) is 0 Å². The molecule has 1 heterocycles. The number of rotatable bonds is 3. The molecule has 0 fully saturated rings. The van der Waals surface area contributed by atoms with Gasteiger partial charge in [-0.2, -0.15) is 0 Å². The molecule has 3 heteroatoms. The Bertz CT molecular complexity index is 223. The van der Waals surface area contributed by atoms with Crippen LogP contribution >= 0.6 is 0 Å². The monoisotopic (exact) mass is 154 g/mol. The molecule has 0 aliphatic heterocycles. The van der Waals surface area contributed by atoms with Crippen molar-refractivity contribution in [3.05, 3.63) is 24.2 Å². The molecule has 0 aliphatic carbocycles. The zero-order chi connectivity index (χ0) is 8.27. The summed E-state index contributed by atoms with van der Waals surface area (Å²) in [5, 5.41) is 8.83. The third kappa shape index (κ3) is 2.20. The Kier molecular flexibility index (Phi) is 2.44. The van der Waals surface area contributed by atoms with Crippen LogP contribution in [0, 0.1) is 0 Å². The van der Waals surface area contributed by atoms with E-state index < -0.39 is 6.10 Å². The Hall–Kier alpha value is -1.09. The predicted molar refractivity (Wildman–Crippen MR) is 39.1 cm³/mol. The van der Waals surface area contributed by atoms with E-state index in [0.29, 0.717) is 5.76 Å². The molecule has 1 N–H and O–H groups in total. The zero-order valence-corrected chi connectivity index (χ0v) is 6.28. The Balaban J connectivity index is 2.50. The smallest absolute Gasteiger partial charge is 0.168 e. The quantitative estimate of drug-likeness (QED) is 0.699. The predicted octanol–water partition coefficient (Wildman–Crippen LogP) is 0.772. The Morgan fingerprint density at radius 1 is 1.82 bits per heavy atom. The highest BCUT2D eigenvalue weighted by Crippen LogP contribution is 2.02. The fourth-order valence-corrected chi connectivity index (χ4v) is 0.733. The minimum absolute atomic E-state index is 0.171. The van der Waals surface area contributed by atoms with Gasteiger partial charge in [-0.05, 0) is 19.1 Å². The van der Waals surface area contributed by atoms with Crippen molar-refractivity contribution >= 4 is 5.78 Å². The van der Waals surface area contributed by atoms with Gasteiger partial charge in [-0.1, -0.05) is 0 Å². The van der Waals surface area contributed by atoms with Gasteiger partial charge in [0, 0.05) is 0 Å². The lowest BCUT2D eigenvalue weighted by atomic mass is 10.1. The first-order chi connectivity index (χ1) is 5.20. The van der Waals surface area contributed by atoms with Crippen LogP contribution in [-0.4, -0.2) is 17.0 Å². The van der Waals surface area contributed by atoms with Crippen LogP contribution in [0.15, 0.2) is 22.8 Å². The lowest BCUT2D eigenvalue weighted by molar-refractivity contribution is -0.125. The molecule has 0 amide bonds. The molecule has 0 saturated heterocycles. The molecule has 0 aromatic carbocycles. The Morgan fingerprint density at radius 2 is 2.55 bits per heavy atom. The number of aliphatic hydroxyl groups is 1. The molecule has 0 saturated carbocycles. The average Bonchev–Trinajstić information content (AvgIpc) is 2.39. The number of aliphatic hydroxyl groups excluding tert-OH is 1. The molecule has 60 valence electrons. The number of Topliss-reactive ketones (excluding diaryl/α,β-unsaturated/α-hetero) is 1. The lowest BCUT2D eigenvalue weighted by Gasteiger charge is -1.99. The molecule has 0 aliphatic rings. The van der Waals surface area contributed by atoms with E-state index in [1.54, 1.807) is 12.1 Å². The molecule has 1 rings (SSSR count). The molecule has 1 aromatic heterocycles. The summed E-state index contributed by atoms with van der Waals surface area (Å²) in [6.45, 7) is 1.45. The van der Waals surface area contributed by atoms with Crippen molar-refractivity contribution in [1.82, 2.24) is 0 Å². The van der Waals surface area contributed by atoms with Gasteiger partial charge >= 0.3 is 0 Å². The van der Waals surface area contributed by atoms with Crippen molar-refractivity contribution in [1.29, 1.82) is 0 Å². The number of carbonyl (C=O) groups is 1. The standard InChI is InChI=1S/C8H10O3/c1-6(9)8(10)5-7-3-2-4-11-7/h2-4,6,9H,5H2,1H3. The molecule has 11 heavy (non-hydrogen) atoms. The second-order valence-corrected chi connectivity index (χ2v) is 2.40. The third-order valence-electron chi connectivity index (χ3n) is 1.39. The molecular formula is C8H10O3. The van der Waals surface area contributed by atoms with Crippen LogP contribution in [0.4, 0.5) is 0 Å². The SMILES string of the molecule is CC(O)C(=O)Cc1ccco1. The topological polar surface area (TPSA) is 50.4 Å². The van der Waals surface area contributed by atoms with E-state index in [1.807, 2.05) is 0 Å². The fraction of sp³-hybridized carbons (Fsp3) is 0.375. The maximum absolute atomic E-state index is 10.9. The minimum Gasteiger partial charge on any atom is -0.469 e. The van der Waals surface area contributed by atoms with E-state index in [0.717, 1.165) is 0 Å². The van der Waals surface area contributed by atoms with Crippen LogP contribution in [-0.2, 0) is 11.2 Å². The number of furan rings is 1. The van der Waals surface area contributed by atoms with E-state index in [9.17, 15) is 4.79 Å². The largest absolute Gasteiger partial charge is 0.469 e. The van der Waals surface area contributed by atoms with Gasteiger partial charge in [-0.15, -0.1) is 0 Å². The second kappa shape index (κ2) is 3.34. The molecule has 0 spiro atoms. The van der Waals surface area contributed by atoms with Gasteiger partial charge in [0.2, 0.25) is 0 Å². The van der Waals surface area contributed by atoms with Gasteiger partial charge in [-0.3, -0.25) is 4.79 Å². The Morgan fingerprint density at radius 3 is 3.00 bits per heavy atom. The number of ketones is 1. The molecule has 1 atom stereocenters. The van der Waals surface area contributed by atoms with Gasteiger partial charge in [0.05, 0.1) is 12.7 Å². The van der Waals surface area contributed by atoms with E-state index >= 15 is 0 Å². The van der Waals surface area contributed by atoms with Crippen molar-refractivity contribution in [3.8, 4) is 0 Å². The van der Waals surface area contributed by atoms with Crippen molar-refractivity contribution in [3.63, 3.8) is 0 Å². The van der Waals surface area contributed by atoms with Crippen LogP contribution in [0.3, 0.4) is 0 Å². The third-order valence-corrected chi connectivity index (χ3v) is 1.39. The van der Waals surface area contributed by atoms with Gasteiger partial charge in [0.25, 0.3) is 0 Å².